The molecule has 6 rings (SSSR count). The van der Waals surface area contributed by atoms with Crippen molar-refractivity contribution in [2.75, 3.05) is 38.6 Å². The number of methoxy groups -OCH3 is 1. The Morgan fingerprint density at radius 3 is 1.97 bits per heavy atom. The second kappa shape index (κ2) is 12.5. The number of para-hydroxylation sites is 1. The van der Waals surface area contributed by atoms with E-state index in [2.05, 4.69) is 10.1 Å². The van der Waals surface area contributed by atoms with Gasteiger partial charge in [0.2, 0.25) is 5.78 Å². The number of ether oxygens (including phenoxy) is 2. The number of carbonyl (C=O) groups excluding carboxylic acids is 3. The van der Waals surface area contributed by atoms with E-state index in [-0.39, 0.29) is 23.8 Å². The fourth-order valence-electron chi connectivity index (χ4n) is 5.31. The fourth-order valence-corrected chi connectivity index (χ4v) is 5.31. The van der Waals surface area contributed by atoms with Crippen LogP contribution in [0, 0.1) is 5.92 Å². The number of quaternary nitrogens is 1. The van der Waals surface area contributed by atoms with Crippen LogP contribution in [0.1, 0.15) is 40.5 Å². The third-order valence-corrected chi connectivity index (χ3v) is 7.30. The first kappa shape index (κ1) is 27.1. The number of anilines is 2. The van der Waals surface area contributed by atoms with Crippen LogP contribution in [-0.4, -0.2) is 61.6 Å². The molecule has 1 atom stereocenters. The molecule has 3 heterocycles. The summed E-state index contributed by atoms with van der Waals surface area (Å²) in [5.74, 6) is 0.149. The Labute approximate surface area is 224 Å². The molecule has 1 unspecified atom stereocenters. The summed E-state index contributed by atoms with van der Waals surface area (Å²) in [6.07, 6.45) is 2.11. The molecule has 3 aliphatic rings. The van der Waals surface area contributed by atoms with Gasteiger partial charge in [-0.05, 0) is 36.4 Å². The molecule has 0 aliphatic carbocycles. The number of nitrogens with zero attached hydrogens (tertiary/aromatic N) is 1. The monoisotopic (exact) mass is 515 g/mol. The minimum atomic E-state index is -0.323. The van der Waals surface area contributed by atoms with Gasteiger partial charge in [0, 0.05) is 42.6 Å². The van der Waals surface area contributed by atoms with Crippen molar-refractivity contribution in [3.63, 3.8) is 0 Å². The molecule has 1 N–H and O–H groups in total. The second-order valence-electron chi connectivity index (χ2n) is 9.96. The maximum atomic E-state index is 12.5. The van der Waals surface area contributed by atoms with Crippen molar-refractivity contribution in [2.24, 2.45) is 5.92 Å². The average molecular weight is 516 g/mol. The summed E-state index contributed by atoms with van der Waals surface area (Å²) in [4.78, 5) is 35.0. The molecule has 0 amide bonds. The van der Waals surface area contributed by atoms with E-state index >= 15 is 0 Å². The van der Waals surface area contributed by atoms with Crippen molar-refractivity contribution in [3.8, 4) is 0 Å². The molecular weight excluding hydrogens is 480 g/mol. The van der Waals surface area contributed by atoms with Gasteiger partial charge in [-0.3, -0.25) is 9.59 Å². The quantitative estimate of drug-likeness (QED) is 0.263. The summed E-state index contributed by atoms with van der Waals surface area (Å²) in [5.41, 5.74) is 3.27. The van der Waals surface area contributed by atoms with Crippen LogP contribution in [0.4, 0.5) is 11.4 Å². The van der Waals surface area contributed by atoms with Crippen molar-refractivity contribution >= 4 is 29.1 Å². The molecule has 7 heteroatoms. The summed E-state index contributed by atoms with van der Waals surface area (Å²) in [7, 11) is 1.37. The van der Waals surface area contributed by atoms with E-state index in [1.54, 1.807) is 12.1 Å². The molecule has 3 saturated heterocycles. The lowest BCUT2D eigenvalue weighted by atomic mass is 9.83. The third-order valence-electron chi connectivity index (χ3n) is 7.30. The molecule has 3 fully saturated rings. The number of rotatable bonds is 7. The summed E-state index contributed by atoms with van der Waals surface area (Å²) >= 11 is 0. The summed E-state index contributed by atoms with van der Waals surface area (Å²) in [5, 5.41) is 3.24. The number of fused-ring (bicyclic) bond motifs is 3. The predicted octanol–water partition coefficient (Wildman–Crippen LogP) is 5.26. The van der Waals surface area contributed by atoms with Crippen LogP contribution >= 0.6 is 0 Å². The van der Waals surface area contributed by atoms with E-state index in [9.17, 15) is 14.4 Å². The smallest absolute Gasteiger partial charge is 0.337 e. The Morgan fingerprint density at radius 2 is 1.39 bits per heavy atom. The van der Waals surface area contributed by atoms with Crippen molar-refractivity contribution in [1.29, 1.82) is 0 Å². The highest BCUT2D eigenvalue weighted by atomic mass is 16.5. The van der Waals surface area contributed by atoms with Gasteiger partial charge in [0.25, 0.3) is 0 Å². The van der Waals surface area contributed by atoms with Gasteiger partial charge in [-0.1, -0.05) is 48.5 Å². The molecule has 3 aromatic carbocycles. The largest absolute Gasteiger partial charge is 0.465 e. The van der Waals surface area contributed by atoms with Crippen molar-refractivity contribution in [2.45, 2.75) is 25.9 Å². The van der Waals surface area contributed by atoms with Crippen molar-refractivity contribution in [1.82, 2.24) is 0 Å². The zero-order valence-electron chi connectivity index (χ0n) is 22.0. The Bertz CT molecular complexity index is 1220. The average Bonchev–Trinajstić information content (AvgIpc) is 2.94. The number of Topliss-reactive ketones (excluding diaryl/α,β-unsaturated/α-hetero) is 1. The number of ketones is 1. The number of hydrogen-bond acceptors (Lipinski definition) is 6. The van der Waals surface area contributed by atoms with Gasteiger partial charge in [-0.15, -0.1) is 0 Å². The molecule has 0 aromatic heterocycles. The van der Waals surface area contributed by atoms with Gasteiger partial charge < -0.3 is 19.3 Å². The number of nitrogens with one attached hydrogen (secondary N) is 1. The zero-order valence-corrected chi connectivity index (χ0v) is 22.0. The lowest BCUT2D eigenvalue weighted by Crippen LogP contribution is -2.65. The van der Waals surface area contributed by atoms with Gasteiger partial charge in [0.05, 0.1) is 25.8 Å². The van der Waals surface area contributed by atoms with E-state index in [1.807, 2.05) is 72.8 Å². The SMILES string of the molecule is CC(=O)OC1C[N+]2(CC(=O)c3ccccc3)CCC1CC2.COC(=O)c1ccc(Nc2ccccc2)cc1. The number of benzene rings is 3. The topological polar surface area (TPSA) is 81.7 Å². The minimum Gasteiger partial charge on any atom is -0.465 e. The molecular formula is C31H35N2O5+. The van der Waals surface area contributed by atoms with Gasteiger partial charge in [0.15, 0.2) is 6.10 Å². The zero-order chi connectivity index (χ0) is 27.0. The Hall–Kier alpha value is -3.97. The predicted molar refractivity (Wildman–Crippen MR) is 146 cm³/mol. The first-order chi connectivity index (χ1) is 18.4. The molecule has 3 aromatic rings. The fraction of sp³-hybridized carbons (Fsp3) is 0.323. The molecule has 0 spiro atoms. The van der Waals surface area contributed by atoms with Gasteiger partial charge in [-0.25, -0.2) is 4.79 Å². The van der Waals surface area contributed by atoms with Crippen LogP contribution in [0.15, 0.2) is 84.9 Å². The lowest BCUT2D eigenvalue weighted by Gasteiger charge is -2.51. The number of carbonyl (C=O) groups is 3. The number of hydrogen-bond donors (Lipinski definition) is 1. The Morgan fingerprint density at radius 1 is 0.816 bits per heavy atom. The molecule has 7 nitrogen and oxygen atoms in total. The van der Waals surface area contributed by atoms with Crippen LogP contribution in [0.5, 0.6) is 0 Å². The Kier molecular flexibility index (Phi) is 8.92. The molecule has 3 aliphatic heterocycles. The highest BCUT2D eigenvalue weighted by Crippen LogP contribution is 2.35. The lowest BCUT2D eigenvalue weighted by molar-refractivity contribution is -0.938. The van der Waals surface area contributed by atoms with Gasteiger partial charge in [0.1, 0.15) is 13.1 Å². The van der Waals surface area contributed by atoms with E-state index in [4.69, 9.17) is 4.74 Å². The highest BCUT2D eigenvalue weighted by Gasteiger charge is 2.48. The normalized spacial score (nSPS) is 21.4. The standard InChI is InChI=1S/C17H22NO3.C14H13NO2/c1-13(19)21-17-12-18(9-7-15(17)8-10-18)11-16(20)14-5-3-2-4-6-14;1-17-14(16)11-7-9-13(10-8-11)15-12-5-3-2-4-6-12/h2-6,15,17H,7-12H2,1H3;2-10,15H,1H3/q+1;. The van der Waals surface area contributed by atoms with Crippen LogP contribution in [0.25, 0.3) is 0 Å². The van der Waals surface area contributed by atoms with E-state index < -0.39 is 0 Å². The van der Waals surface area contributed by atoms with Crippen LogP contribution < -0.4 is 5.32 Å². The molecule has 38 heavy (non-hydrogen) atoms. The van der Waals surface area contributed by atoms with Crippen LogP contribution in [0.3, 0.4) is 0 Å². The van der Waals surface area contributed by atoms with Gasteiger partial charge in [-0.2, -0.15) is 0 Å². The third kappa shape index (κ3) is 7.07. The van der Waals surface area contributed by atoms with Gasteiger partial charge >= 0.3 is 11.9 Å². The molecule has 198 valence electrons. The first-order valence-corrected chi connectivity index (χ1v) is 13.0. The maximum absolute atomic E-state index is 12.5. The number of esters is 2. The highest BCUT2D eigenvalue weighted by molar-refractivity contribution is 5.97. The Balaban J connectivity index is 0.000000181. The maximum Gasteiger partial charge on any atom is 0.337 e. The minimum absolute atomic E-state index is 0.00595. The van der Waals surface area contributed by atoms with Crippen molar-refractivity contribution in [3.05, 3.63) is 96.1 Å². The molecule has 0 radical (unpaired) electrons. The molecule has 2 bridgehead atoms. The van der Waals surface area contributed by atoms with Crippen molar-refractivity contribution < 1.29 is 28.3 Å². The second-order valence-corrected chi connectivity index (χ2v) is 9.96. The molecule has 0 saturated carbocycles. The van der Waals surface area contributed by atoms with E-state index in [1.165, 1.54) is 14.0 Å². The van der Waals surface area contributed by atoms with E-state index in [0.29, 0.717) is 18.0 Å². The first-order valence-electron chi connectivity index (χ1n) is 13.0. The summed E-state index contributed by atoms with van der Waals surface area (Å²) in [6.45, 7) is 4.84. The summed E-state index contributed by atoms with van der Waals surface area (Å²) in [6, 6.07) is 26.5. The number of piperidine rings is 3. The summed E-state index contributed by atoms with van der Waals surface area (Å²) < 4.78 is 10.9. The van der Waals surface area contributed by atoms with E-state index in [0.717, 1.165) is 53.9 Å². The van der Waals surface area contributed by atoms with Crippen LogP contribution in [-0.2, 0) is 14.3 Å². The van der Waals surface area contributed by atoms with Crippen LogP contribution in [0.2, 0.25) is 0 Å².